The van der Waals surface area contributed by atoms with Crippen LogP contribution >= 0.6 is 7.60 Å². The maximum atomic E-state index is 14.0. The van der Waals surface area contributed by atoms with Crippen molar-refractivity contribution in [1.29, 1.82) is 0 Å². The summed E-state index contributed by atoms with van der Waals surface area (Å²) in [7, 11) is -5.72. The molecule has 2 rings (SSSR count). The number of fused-ring (bicyclic) bond motifs is 1. The van der Waals surface area contributed by atoms with E-state index < -0.39 is 31.4 Å². The molecule has 1 heterocycles. The number of alkyl halides is 5. The molecule has 1 aromatic carbocycles. The summed E-state index contributed by atoms with van der Waals surface area (Å²) >= 11 is 0. The van der Waals surface area contributed by atoms with E-state index in [9.17, 15) is 26.5 Å². The molecule has 0 saturated heterocycles. The van der Waals surface area contributed by atoms with Crippen LogP contribution in [0.25, 0.3) is 10.8 Å². The summed E-state index contributed by atoms with van der Waals surface area (Å²) in [6.07, 6.45) is -4.07. The first-order valence-electron chi connectivity index (χ1n) is 7.46. The Balaban J connectivity index is 2.28. The van der Waals surface area contributed by atoms with Gasteiger partial charge < -0.3 is 15.1 Å². The Morgan fingerprint density at radius 3 is 2.35 bits per heavy atom. The van der Waals surface area contributed by atoms with Gasteiger partial charge in [-0.3, -0.25) is 4.57 Å². The zero-order valence-electron chi connectivity index (χ0n) is 13.5. The van der Waals surface area contributed by atoms with Crippen LogP contribution in [-0.2, 0) is 10.2 Å². The topological polar surface area (TPSA) is 82.5 Å². The first-order chi connectivity index (χ1) is 11.8. The van der Waals surface area contributed by atoms with Crippen molar-refractivity contribution in [2.75, 3.05) is 11.9 Å². The molecule has 144 valence electrons. The number of benzene rings is 1. The zero-order chi connectivity index (χ0) is 19.8. The minimum absolute atomic E-state index is 0.0153. The fourth-order valence-corrected chi connectivity index (χ4v) is 2.95. The third kappa shape index (κ3) is 4.69. The van der Waals surface area contributed by atoms with Crippen molar-refractivity contribution in [3.8, 4) is 0 Å². The van der Waals surface area contributed by atoms with E-state index in [0.29, 0.717) is 5.39 Å². The monoisotopic (exact) mass is 398 g/mol. The number of nitrogens with one attached hydrogen (secondary N) is 1. The highest BCUT2D eigenvalue weighted by Gasteiger charge is 2.51. The molecule has 0 aliphatic rings. The maximum Gasteiger partial charge on any atom is 0.399 e. The minimum atomic E-state index is -5.72. The van der Waals surface area contributed by atoms with E-state index in [2.05, 4.69) is 10.3 Å². The van der Waals surface area contributed by atoms with E-state index in [4.69, 9.17) is 9.79 Å². The Morgan fingerprint density at radius 1 is 1.12 bits per heavy atom. The van der Waals surface area contributed by atoms with Gasteiger partial charge in [-0.1, -0.05) is 0 Å². The Bertz CT molecular complexity index is 851. The Labute approximate surface area is 145 Å². The smallest absolute Gasteiger partial charge is 0.370 e. The van der Waals surface area contributed by atoms with Crippen LogP contribution in [0.3, 0.4) is 0 Å². The van der Waals surface area contributed by atoms with Crippen LogP contribution in [0.15, 0.2) is 24.4 Å². The molecule has 0 fully saturated rings. The van der Waals surface area contributed by atoms with Gasteiger partial charge in [0.05, 0.1) is 0 Å². The lowest BCUT2D eigenvalue weighted by Crippen LogP contribution is -2.15. The molecule has 0 amide bonds. The van der Waals surface area contributed by atoms with Gasteiger partial charge in [0.2, 0.25) is 0 Å². The average Bonchev–Trinajstić information content (AvgIpc) is 2.49. The summed E-state index contributed by atoms with van der Waals surface area (Å²) in [5, 5.41) is 3.34. The summed E-state index contributed by atoms with van der Waals surface area (Å²) in [6, 6.07) is 3.60. The molecule has 0 unspecified atom stereocenters. The zero-order valence-corrected chi connectivity index (χ0v) is 14.4. The summed E-state index contributed by atoms with van der Waals surface area (Å²) < 4.78 is 75.4. The average molecular weight is 398 g/mol. The normalized spacial score (nSPS) is 13.2. The molecule has 0 aliphatic carbocycles. The second-order valence-corrected chi connectivity index (χ2v) is 7.46. The highest BCUT2D eigenvalue weighted by Crippen LogP contribution is 2.60. The lowest BCUT2D eigenvalue weighted by atomic mass is 10.0. The van der Waals surface area contributed by atoms with E-state index in [0.717, 1.165) is 6.07 Å². The number of anilines is 1. The fraction of sp³-hybridized carbons (Fsp3) is 0.400. The molecule has 0 bridgehead atoms. The lowest BCUT2D eigenvalue weighted by Gasteiger charge is -2.20. The second-order valence-electron chi connectivity index (χ2n) is 5.81. The molecule has 5 nitrogen and oxygen atoms in total. The van der Waals surface area contributed by atoms with Crippen molar-refractivity contribution in [1.82, 2.24) is 4.98 Å². The molecular weight excluding hydrogens is 382 g/mol. The van der Waals surface area contributed by atoms with Gasteiger partial charge in [-0.05, 0) is 42.5 Å². The number of rotatable bonds is 6. The lowest BCUT2D eigenvalue weighted by molar-refractivity contribution is -0.134. The Hall–Kier alpha value is -1.77. The molecule has 0 radical (unpaired) electrons. The van der Waals surface area contributed by atoms with Gasteiger partial charge in [0.15, 0.2) is 0 Å². The van der Waals surface area contributed by atoms with Crippen LogP contribution in [0.1, 0.15) is 24.0 Å². The summed E-state index contributed by atoms with van der Waals surface area (Å²) in [5.74, 6) is 0.175. The van der Waals surface area contributed by atoms with Gasteiger partial charge in [-0.15, -0.1) is 0 Å². The third-order valence-corrected chi connectivity index (χ3v) is 4.67. The highest BCUT2D eigenvalue weighted by molar-refractivity contribution is 7.52. The molecule has 26 heavy (non-hydrogen) atoms. The van der Waals surface area contributed by atoms with Crippen LogP contribution in [-0.4, -0.2) is 27.5 Å². The van der Waals surface area contributed by atoms with Crippen molar-refractivity contribution in [3.63, 3.8) is 0 Å². The quantitative estimate of drug-likeness (QED) is 0.379. The van der Waals surface area contributed by atoms with Gasteiger partial charge >= 0.3 is 19.4 Å². The fourth-order valence-electron chi connectivity index (χ4n) is 2.39. The van der Waals surface area contributed by atoms with Gasteiger partial charge in [0.25, 0.3) is 0 Å². The van der Waals surface area contributed by atoms with Crippen LogP contribution in [0.2, 0.25) is 0 Å². The van der Waals surface area contributed by atoms with Crippen molar-refractivity contribution in [3.05, 3.63) is 35.5 Å². The van der Waals surface area contributed by atoms with Crippen molar-refractivity contribution < 1.29 is 36.3 Å². The van der Waals surface area contributed by atoms with Gasteiger partial charge in [0, 0.05) is 30.1 Å². The number of pyridine rings is 1. The van der Waals surface area contributed by atoms with Gasteiger partial charge in [0.1, 0.15) is 5.82 Å². The van der Waals surface area contributed by atoms with E-state index in [1.165, 1.54) is 25.3 Å². The van der Waals surface area contributed by atoms with Crippen LogP contribution in [0.5, 0.6) is 0 Å². The first-order valence-corrected chi connectivity index (χ1v) is 9.07. The second kappa shape index (κ2) is 7.09. The molecule has 2 aromatic rings. The molecular formula is C15H16F5N2O3P. The molecule has 0 atom stereocenters. The Kier molecular flexibility index (Phi) is 5.60. The largest absolute Gasteiger partial charge is 0.399 e. The minimum Gasteiger partial charge on any atom is -0.370 e. The van der Waals surface area contributed by atoms with Crippen LogP contribution < -0.4 is 5.32 Å². The predicted molar refractivity (Wildman–Crippen MR) is 86.2 cm³/mol. The van der Waals surface area contributed by atoms with Crippen molar-refractivity contribution in [2.45, 2.75) is 31.6 Å². The van der Waals surface area contributed by atoms with Crippen molar-refractivity contribution in [2.24, 2.45) is 0 Å². The number of hydrogen-bond donors (Lipinski definition) is 3. The standard InChI is InChI=1S/C15H16F5N2O3P/c1-9-5-11-8-22-13(21-4-2-3-14(16,17)18)7-10(11)6-12(9)15(19,20)26(23,24)25/h5-8H,2-4H2,1H3,(H,21,22)(H2,23,24,25). The maximum absolute atomic E-state index is 14.0. The van der Waals surface area contributed by atoms with E-state index >= 15 is 0 Å². The van der Waals surface area contributed by atoms with Crippen molar-refractivity contribution >= 4 is 24.2 Å². The molecule has 0 aliphatic heterocycles. The number of aryl methyl sites for hydroxylation is 1. The summed E-state index contributed by atoms with van der Waals surface area (Å²) in [5.41, 5.74) is -5.18. The molecule has 0 saturated carbocycles. The number of nitrogens with zero attached hydrogens (tertiary/aromatic N) is 1. The molecule has 0 spiro atoms. The van der Waals surface area contributed by atoms with E-state index in [-0.39, 0.29) is 29.7 Å². The molecule has 3 N–H and O–H groups in total. The van der Waals surface area contributed by atoms with Crippen LogP contribution in [0.4, 0.5) is 27.8 Å². The molecule has 11 heteroatoms. The third-order valence-electron chi connectivity index (χ3n) is 3.70. The van der Waals surface area contributed by atoms with Gasteiger partial charge in [-0.25, -0.2) is 4.98 Å². The number of aromatic nitrogens is 1. The molecule has 1 aromatic heterocycles. The van der Waals surface area contributed by atoms with Gasteiger partial charge in [-0.2, -0.15) is 22.0 Å². The summed E-state index contributed by atoms with van der Waals surface area (Å²) in [6.45, 7) is 1.27. The van der Waals surface area contributed by atoms with E-state index in [1.807, 2.05) is 0 Å². The SMILES string of the molecule is Cc1cc2cnc(NCCCC(F)(F)F)cc2cc1C(F)(F)P(=O)(O)O. The Morgan fingerprint density at radius 2 is 1.77 bits per heavy atom. The predicted octanol–water partition coefficient (Wildman–Crippen LogP) is 4.52. The number of hydrogen-bond acceptors (Lipinski definition) is 3. The summed E-state index contributed by atoms with van der Waals surface area (Å²) in [4.78, 5) is 21.8. The van der Waals surface area contributed by atoms with E-state index in [1.54, 1.807) is 0 Å². The van der Waals surface area contributed by atoms with Crippen LogP contribution in [0, 0.1) is 6.92 Å². The number of halogens is 5. The highest BCUT2D eigenvalue weighted by atomic mass is 31.2. The first kappa shape index (κ1) is 20.5.